The number of rotatable bonds is 7. The number of aliphatic hydroxyl groups is 1. The van der Waals surface area contributed by atoms with Gasteiger partial charge in [0.2, 0.25) is 0 Å². The van der Waals surface area contributed by atoms with Crippen molar-refractivity contribution in [1.29, 1.82) is 0 Å². The highest BCUT2D eigenvalue weighted by atomic mass is 16.5. The van der Waals surface area contributed by atoms with Gasteiger partial charge in [-0.05, 0) is 12.6 Å². The molecule has 134 valence electrons. The summed E-state index contributed by atoms with van der Waals surface area (Å²) in [5, 5.41) is 12.6. The number of benzene rings is 1. The number of aliphatic hydroxyl groups excluding tert-OH is 1. The Morgan fingerprint density at radius 1 is 1.36 bits per heavy atom. The quantitative estimate of drug-likeness (QED) is 0.743. The summed E-state index contributed by atoms with van der Waals surface area (Å²) in [6.07, 6.45) is 0.869. The first-order valence-electron chi connectivity index (χ1n) is 8.84. The van der Waals surface area contributed by atoms with Gasteiger partial charge < -0.3 is 15.2 Å². The molecule has 1 amide bonds. The fraction of sp³-hybridized carbons (Fsp3) is 0.474. The zero-order chi connectivity index (χ0) is 17.6. The molecule has 0 unspecified atom stereocenters. The number of nitrogens with zero attached hydrogens (tertiary/aromatic N) is 2. The van der Waals surface area contributed by atoms with Crippen LogP contribution in [0, 0.1) is 0 Å². The predicted octanol–water partition coefficient (Wildman–Crippen LogP) is 1.35. The van der Waals surface area contributed by atoms with Crippen LogP contribution in [-0.4, -0.2) is 60.4 Å². The Morgan fingerprint density at radius 2 is 2.20 bits per heavy atom. The fourth-order valence-electron chi connectivity index (χ4n) is 3.27. The van der Waals surface area contributed by atoms with Crippen LogP contribution in [0.3, 0.4) is 0 Å². The summed E-state index contributed by atoms with van der Waals surface area (Å²) in [6, 6.07) is 7.82. The number of aromatic nitrogens is 1. The van der Waals surface area contributed by atoms with Gasteiger partial charge >= 0.3 is 0 Å². The largest absolute Gasteiger partial charge is 0.394 e. The van der Waals surface area contributed by atoms with Crippen molar-refractivity contribution in [1.82, 2.24) is 15.2 Å². The summed E-state index contributed by atoms with van der Waals surface area (Å²) in [6.45, 7) is 5.91. The number of hydrogen-bond acceptors (Lipinski definition) is 5. The van der Waals surface area contributed by atoms with Gasteiger partial charge in [-0.25, -0.2) is 0 Å². The number of amides is 1. The molecule has 0 fully saturated rings. The fourth-order valence-corrected chi connectivity index (χ4v) is 3.27. The Labute approximate surface area is 147 Å². The van der Waals surface area contributed by atoms with Crippen LogP contribution in [0.4, 0.5) is 0 Å². The average molecular weight is 343 g/mol. The summed E-state index contributed by atoms with van der Waals surface area (Å²) in [4.78, 5) is 20.0. The Hall–Kier alpha value is -2.02. The lowest BCUT2D eigenvalue weighted by Crippen LogP contribution is -2.35. The van der Waals surface area contributed by atoms with Crippen molar-refractivity contribution < 1.29 is 14.6 Å². The lowest BCUT2D eigenvalue weighted by Gasteiger charge is -2.29. The Kier molecular flexibility index (Phi) is 5.96. The molecule has 0 aliphatic carbocycles. The van der Waals surface area contributed by atoms with Gasteiger partial charge in [-0.15, -0.1) is 0 Å². The van der Waals surface area contributed by atoms with Gasteiger partial charge in [0.05, 0.1) is 30.9 Å². The highest BCUT2D eigenvalue weighted by Gasteiger charge is 2.24. The molecule has 25 heavy (non-hydrogen) atoms. The third-order valence-corrected chi connectivity index (χ3v) is 4.57. The van der Waals surface area contributed by atoms with Crippen molar-refractivity contribution in [3.8, 4) is 0 Å². The monoisotopic (exact) mass is 343 g/mol. The second-order valence-electron chi connectivity index (χ2n) is 6.14. The number of fused-ring (bicyclic) bond motifs is 2. The summed E-state index contributed by atoms with van der Waals surface area (Å²) in [5.74, 6) is -0.0830. The summed E-state index contributed by atoms with van der Waals surface area (Å²) < 4.78 is 5.22. The van der Waals surface area contributed by atoms with E-state index in [1.54, 1.807) is 0 Å². The first kappa shape index (κ1) is 17.8. The van der Waals surface area contributed by atoms with E-state index < -0.39 is 0 Å². The molecule has 6 heteroatoms. The SMILES string of the molecule is CCN1CCc2nc3ccccc3c(C(=O)NCCOCCO)c2C1. The van der Waals surface area contributed by atoms with Crippen LogP contribution < -0.4 is 5.32 Å². The lowest BCUT2D eigenvalue weighted by molar-refractivity contribution is 0.0837. The molecule has 0 bridgehead atoms. The Bertz CT molecular complexity index is 748. The molecule has 2 N–H and O–H groups in total. The second-order valence-corrected chi connectivity index (χ2v) is 6.14. The zero-order valence-corrected chi connectivity index (χ0v) is 14.6. The number of para-hydroxylation sites is 1. The van der Waals surface area contributed by atoms with Crippen LogP contribution in [0.1, 0.15) is 28.5 Å². The maximum atomic E-state index is 12.9. The number of carbonyl (C=O) groups is 1. The van der Waals surface area contributed by atoms with Crippen molar-refractivity contribution in [2.75, 3.05) is 39.5 Å². The van der Waals surface area contributed by atoms with Crippen molar-refractivity contribution >= 4 is 16.8 Å². The molecule has 2 aromatic rings. The van der Waals surface area contributed by atoms with Crippen LogP contribution in [-0.2, 0) is 17.7 Å². The number of hydrogen-bond donors (Lipinski definition) is 2. The smallest absolute Gasteiger partial charge is 0.252 e. The number of nitrogens with one attached hydrogen (secondary N) is 1. The molecule has 0 saturated carbocycles. The number of pyridine rings is 1. The minimum Gasteiger partial charge on any atom is -0.394 e. The Balaban J connectivity index is 1.90. The minimum absolute atomic E-state index is 0.0106. The van der Waals surface area contributed by atoms with E-state index in [-0.39, 0.29) is 19.1 Å². The van der Waals surface area contributed by atoms with Crippen LogP contribution in [0.2, 0.25) is 0 Å². The van der Waals surface area contributed by atoms with E-state index in [1.165, 1.54) is 0 Å². The van der Waals surface area contributed by atoms with E-state index in [2.05, 4.69) is 17.1 Å². The highest BCUT2D eigenvalue weighted by Crippen LogP contribution is 2.28. The number of ether oxygens (including phenoxy) is 1. The molecule has 0 radical (unpaired) electrons. The zero-order valence-electron chi connectivity index (χ0n) is 14.6. The van der Waals surface area contributed by atoms with Gasteiger partial charge in [0, 0.05) is 42.7 Å². The van der Waals surface area contributed by atoms with Crippen molar-refractivity contribution in [3.63, 3.8) is 0 Å². The van der Waals surface area contributed by atoms with Crippen LogP contribution in [0.5, 0.6) is 0 Å². The first-order valence-corrected chi connectivity index (χ1v) is 8.84. The third kappa shape index (κ3) is 3.98. The first-order chi connectivity index (χ1) is 12.2. The van der Waals surface area contributed by atoms with E-state index in [1.807, 2.05) is 24.3 Å². The van der Waals surface area contributed by atoms with Crippen molar-refractivity contribution in [3.05, 3.63) is 41.1 Å². The van der Waals surface area contributed by atoms with E-state index in [0.717, 1.165) is 53.8 Å². The van der Waals surface area contributed by atoms with Gasteiger partial charge in [-0.1, -0.05) is 25.1 Å². The van der Waals surface area contributed by atoms with Crippen LogP contribution in [0.25, 0.3) is 10.9 Å². The van der Waals surface area contributed by atoms with Crippen molar-refractivity contribution in [2.24, 2.45) is 0 Å². The molecule has 0 saturated heterocycles. The minimum atomic E-state index is -0.0830. The lowest BCUT2D eigenvalue weighted by atomic mass is 9.95. The maximum Gasteiger partial charge on any atom is 0.252 e. The predicted molar refractivity (Wildman–Crippen MR) is 96.6 cm³/mol. The Morgan fingerprint density at radius 3 is 3.00 bits per heavy atom. The molecule has 6 nitrogen and oxygen atoms in total. The third-order valence-electron chi connectivity index (χ3n) is 4.57. The van der Waals surface area contributed by atoms with Gasteiger partial charge in [0.1, 0.15) is 0 Å². The van der Waals surface area contributed by atoms with Gasteiger partial charge in [-0.3, -0.25) is 14.7 Å². The van der Waals surface area contributed by atoms with Gasteiger partial charge in [0.15, 0.2) is 0 Å². The van der Waals surface area contributed by atoms with Gasteiger partial charge in [-0.2, -0.15) is 0 Å². The van der Waals surface area contributed by atoms with E-state index in [0.29, 0.717) is 13.2 Å². The summed E-state index contributed by atoms with van der Waals surface area (Å²) in [7, 11) is 0. The molecule has 2 heterocycles. The van der Waals surface area contributed by atoms with E-state index >= 15 is 0 Å². The van der Waals surface area contributed by atoms with Gasteiger partial charge in [0.25, 0.3) is 5.91 Å². The van der Waals surface area contributed by atoms with E-state index in [4.69, 9.17) is 14.8 Å². The highest BCUT2D eigenvalue weighted by molar-refractivity contribution is 6.07. The molecule has 1 aliphatic rings. The summed E-state index contributed by atoms with van der Waals surface area (Å²) >= 11 is 0. The standard InChI is InChI=1S/C19H25N3O3/c1-2-22-9-7-17-15(13-22)18(14-5-3-4-6-16(14)21-17)19(24)20-8-11-25-12-10-23/h3-6,23H,2,7-13H2,1H3,(H,20,24). The normalized spacial score (nSPS) is 14.5. The van der Waals surface area contributed by atoms with Crippen LogP contribution >= 0.6 is 0 Å². The van der Waals surface area contributed by atoms with E-state index in [9.17, 15) is 4.79 Å². The summed E-state index contributed by atoms with van der Waals surface area (Å²) in [5.41, 5.74) is 3.68. The average Bonchev–Trinajstić information content (AvgIpc) is 2.65. The molecule has 3 rings (SSSR count). The van der Waals surface area contributed by atoms with Crippen molar-refractivity contribution in [2.45, 2.75) is 19.9 Å². The molecule has 0 spiro atoms. The molecule has 1 aromatic carbocycles. The molecular formula is C19H25N3O3. The number of likely N-dealkylation sites (N-methyl/N-ethyl adjacent to an activating group) is 1. The molecule has 0 atom stereocenters. The number of carbonyl (C=O) groups excluding carboxylic acids is 1. The maximum absolute atomic E-state index is 12.9. The molecule has 1 aromatic heterocycles. The molecular weight excluding hydrogens is 318 g/mol. The topological polar surface area (TPSA) is 74.7 Å². The molecule has 1 aliphatic heterocycles. The second kappa shape index (κ2) is 8.38. The van der Waals surface area contributed by atoms with Crippen LogP contribution in [0.15, 0.2) is 24.3 Å².